The second-order valence-corrected chi connectivity index (χ2v) is 6.32. The van der Waals surface area contributed by atoms with Gasteiger partial charge < -0.3 is 9.64 Å². The number of likely N-dealkylation sites (N-methyl/N-ethyl adjacent to an activating group) is 1. The van der Waals surface area contributed by atoms with Crippen molar-refractivity contribution in [1.82, 2.24) is 9.97 Å². The highest BCUT2D eigenvalue weighted by Crippen LogP contribution is 2.31. The largest absolute Gasteiger partial charge is 0.461 e. The van der Waals surface area contributed by atoms with E-state index in [9.17, 15) is 4.79 Å². The van der Waals surface area contributed by atoms with E-state index in [1.54, 1.807) is 11.3 Å². The molecule has 2 aromatic heterocycles. The zero-order chi connectivity index (χ0) is 15.7. The van der Waals surface area contributed by atoms with Crippen LogP contribution in [0.25, 0.3) is 10.2 Å². The number of aryl methyl sites for hydroxylation is 2. The average molecular weight is 307 g/mol. The monoisotopic (exact) mass is 307 g/mol. The number of esters is 1. The van der Waals surface area contributed by atoms with Crippen LogP contribution in [0.4, 0.5) is 5.82 Å². The zero-order valence-electron chi connectivity index (χ0n) is 13.3. The summed E-state index contributed by atoms with van der Waals surface area (Å²) in [5.41, 5.74) is 1.13. The summed E-state index contributed by atoms with van der Waals surface area (Å²) in [7, 11) is 1.87. The highest BCUT2D eigenvalue weighted by Gasteiger charge is 2.24. The summed E-state index contributed by atoms with van der Waals surface area (Å²) < 4.78 is 5.29. The van der Waals surface area contributed by atoms with Crippen molar-refractivity contribution in [3.63, 3.8) is 0 Å². The van der Waals surface area contributed by atoms with Gasteiger partial charge in [0.2, 0.25) is 0 Å². The third kappa shape index (κ3) is 3.15. The first kappa shape index (κ1) is 15.7. The molecule has 0 amide bonds. The van der Waals surface area contributed by atoms with Gasteiger partial charge >= 0.3 is 5.97 Å². The number of carbonyl (C=O) groups is 1. The Bertz CT molecular complexity index is 666. The third-order valence-corrected chi connectivity index (χ3v) is 4.31. The van der Waals surface area contributed by atoms with Crippen molar-refractivity contribution in [1.29, 1.82) is 0 Å². The van der Waals surface area contributed by atoms with Crippen LogP contribution in [0.3, 0.4) is 0 Å². The number of anilines is 1. The van der Waals surface area contributed by atoms with Crippen molar-refractivity contribution in [3.05, 3.63) is 16.8 Å². The fraction of sp³-hybridized carbons (Fsp3) is 0.533. The number of hydrogen-bond donors (Lipinski definition) is 0. The first-order valence-corrected chi connectivity index (χ1v) is 7.85. The number of rotatable bonds is 4. The van der Waals surface area contributed by atoms with E-state index in [1.165, 1.54) is 0 Å². The Morgan fingerprint density at radius 3 is 2.57 bits per heavy atom. The predicted octanol–water partition coefficient (Wildman–Crippen LogP) is 3.08. The molecule has 0 bridgehead atoms. The van der Waals surface area contributed by atoms with Crippen LogP contribution in [0.5, 0.6) is 0 Å². The molecule has 0 spiro atoms. The zero-order valence-corrected chi connectivity index (χ0v) is 14.1. The first-order chi connectivity index (χ1) is 9.81. The second-order valence-electron chi connectivity index (χ2n) is 5.47. The molecule has 0 saturated heterocycles. The minimum absolute atomic E-state index is 0.122. The first-order valence-electron chi connectivity index (χ1n) is 6.97. The average Bonchev–Trinajstić information content (AvgIpc) is 2.76. The lowest BCUT2D eigenvalue weighted by atomic mass is 10.2. The Kier molecular flexibility index (Phi) is 4.46. The molecule has 0 radical (unpaired) electrons. The van der Waals surface area contributed by atoms with Gasteiger partial charge in [0, 0.05) is 7.05 Å². The van der Waals surface area contributed by atoms with Gasteiger partial charge in [-0.2, -0.15) is 0 Å². The molecule has 6 heteroatoms. The lowest BCUT2D eigenvalue weighted by Crippen LogP contribution is -2.39. The Morgan fingerprint density at radius 1 is 1.29 bits per heavy atom. The molecule has 2 heterocycles. The number of fused-ring (bicyclic) bond motifs is 1. The van der Waals surface area contributed by atoms with Gasteiger partial charge in [0.15, 0.2) is 0 Å². The summed E-state index contributed by atoms with van der Waals surface area (Å²) in [6, 6.07) is -0.399. The number of thiophene rings is 1. The van der Waals surface area contributed by atoms with Gasteiger partial charge in [0.05, 0.1) is 11.5 Å². The molecule has 0 aliphatic rings. The van der Waals surface area contributed by atoms with Gasteiger partial charge in [-0.25, -0.2) is 14.8 Å². The number of ether oxygens (including phenoxy) is 1. The van der Waals surface area contributed by atoms with Crippen molar-refractivity contribution >= 4 is 33.3 Å². The lowest BCUT2D eigenvalue weighted by molar-refractivity contribution is -0.148. The molecule has 0 aliphatic heterocycles. The van der Waals surface area contributed by atoms with Crippen LogP contribution in [-0.2, 0) is 9.53 Å². The van der Waals surface area contributed by atoms with Crippen molar-refractivity contribution < 1.29 is 9.53 Å². The minimum atomic E-state index is -0.399. The minimum Gasteiger partial charge on any atom is -0.461 e. The summed E-state index contributed by atoms with van der Waals surface area (Å²) >= 11 is 1.60. The highest BCUT2D eigenvalue weighted by atomic mass is 32.1. The van der Waals surface area contributed by atoms with Gasteiger partial charge in [-0.1, -0.05) is 0 Å². The highest BCUT2D eigenvalue weighted by molar-refractivity contribution is 7.17. The molecule has 0 aromatic carbocycles. The van der Waals surface area contributed by atoms with Crippen molar-refractivity contribution in [2.45, 2.75) is 46.8 Å². The fourth-order valence-corrected chi connectivity index (χ4v) is 3.05. The number of aromatic nitrogens is 2. The van der Waals surface area contributed by atoms with Gasteiger partial charge in [0.1, 0.15) is 22.5 Å². The lowest BCUT2D eigenvalue weighted by Gasteiger charge is -2.26. The van der Waals surface area contributed by atoms with Crippen LogP contribution in [-0.4, -0.2) is 35.1 Å². The van der Waals surface area contributed by atoms with E-state index in [0.717, 1.165) is 21.6 Å². The second kappa shape index (κ2) is 5.97. The van der Waals surface area contributed by atoms with E-state index in [4.69, 9.17) is 4.74 Å². The summed E-state index contributed by atoms with van der Waals surface area (Å²) in [4.78, 5) is 23.9. The molecule has 2 aromatic rings. The topological polar surface area (TPSA) is 55.3 Å². The summed E-state index contributed by atoms with van der Waals surface area (Å²) in [6.07, 6.45) is -0.122. The molecule has 114 valence electrons. The van der Waals surface area contributed by atoms with Crippen LogP contribution in [0.1, 0.15) is 32.2 Å². The molecular formula is C15H21N3O2S. The Morgan fingerprint density at radius 2 is 1.95 bits per heavy atom. The van der Waals surface area contributed by atoms with Crippen LogP contribution in [0, 0.1) is 13.8 Å². The SMILES string of the molecule is Cc1nc(N(C)C(C)C(=O)OC(C)C)c2c(C)csc2n1. The smallest absolute Gasteiger partial charge is 0.328 e. The molecular weight excluding hydrogens is 286 g/mol. The summed E-state index contributed by atoms with van der Waals surface area (Å²) in [5, 5.41) is 3.07. The fourth-order valence-electron chi connectivity index (χ4n) is 2.09. The number of nitrogens with zero attached hydrogens (tertiary/aromatic N) is 3. The molecule has 0 saturated carbocycles. The van der Waals surface area contributed by atoms with Crippen LogP contribution in [0.2, 0.25) is 0 Å². The standard InChI is InChI=1S/C15H21N3O2S/c1-8(2)20-15(19)10(4)18(6)13-12-9(3)7-21-14(12)17-11(5)16-13/h7-8,10H,1-6H3. The van der Waals surface area contributed by atoms with E-state index >= 15 is 0 Å². The van der Waals surface area contributed by atoms with Gasteiger partial charge in [0.25, 0.3) is 0 Å². The molecule has 1 unspecified atom stereocenters. The molecule has 0 aliphatic carbocycles. The van der Waals surface area contributed by atoms with E-state index < -0.39 is 6.04 Å². The van der Waals surface area contributed by atoms with Crippen LogP contribution >= 0.6 is 11.3 Å². The van der Waals surface area contributed by atoms with E-state index in [2.05, 4.69) is 15.3 Å². The third-order valence-electron chi connectivity index (χ3n) is 3.32. The quantitative estimate of drug-likeness (QED) is 0.812. The Hall–Kier alpha value is -1.69. The van der Waals surface area contributed by atoms with Crippen LogP contribution < -0.4 is 4.90 Å². The van der Waals surface area contributed by atoms with Crippen molar-refractivity contribution in [2.24, 2.45) is 0 Å². The maximum atomic E-state index is 12.1. The van der Waals surface area contributed by atoms with Gasteiger partial charge in [-0.05, 0) is 45.6 Å². The Labute approximate surface area is 129 Å². The Balaban J connectivity index is 2.41. The van der Waals surface area contributed by atoms with Gasteiger partial charge in [-0.3, -0.25) is 0 Å². The van der Waals surface area contributed by atoms with Gasteiger partial charge in [-0.15, -0.1) is 11.3 Å². The molecule has 21 heavy (non-hydrogen) atoms. The summed E-state index contributed by atoms with van der Waals surface area (Å²) in [5.74, 6) is 1.24. The molecule has 1 atom stereocenters. The van der Waals surface area contributed by atoms with Crippen molar-refractivity contribution in [3.8, 4) is 0 Å². The molecule has 0 N–H and O–H groups in total. The molecule has 0 fully saturated rings. The molecule has 2 rings (SSSR count). The van der Waals surface area contributed by atoms with E-state index in [0.29, 0.717) is 5.82 Å². The van der Waals surface area contributed by atoms with E-state index in [-0.39, 0.29) is 12.1 Å². The molecule has 5 nitrogen and oxygen atoms in total. The summed E-state index contributed by atoms with van der Waals surface area (Å²) in [6.45, 7) is 9.42. The van der Waals surface area contributed by atoms with E-state index in [1.807, 2.05) is 46.6 Å². The maximum absolute atomic E-state index is 12.1. The maximum Gasteiger partial charge on any atom is 0.328 e. The number of hydrogen-bond acceptors (Lipinski definition) is 6. The normalized spacial score (nSPS) is 12.7. The number of carbonyl (C=O) groups excluding carboxylic acids is 1. The predicted molar refractivity (Wildman–Crippen MR) is 86.0 cm³/mol. The van der Waals surface area contributed by atoms with Crippen molar-refractivity contribution in [2.75, 3.05) is 11.9 Å². The van der Waals surface area contributed by atoms with Crippen LogP contribution in [0.15, 0.2) is 5.38 Å².